The minimum atomic E-state index is 0.367. The van der Waals surface area contributed by atoms with Crippen LogP contribution in [0.4, 0.5) is 0 Å². The summed E-state index contributed by atoms with van der Waals surface area (Å²) in [6.45, 7) is 1.46. The van der Waals surface area contributed by atoms with E-state index in [1.807, 2.05) is 12.1 Å². The number of hydrogen-bond donors (Lipinski definition) is 1. The summed E-state index contributed by atoms with van der Waals surface area (Å²) in [6, 6.07) is 7.15. The van der Waals surface area contributed by atoms with Crippen molar-refractivity contribution >= 4 is 17.6 Å². The van der Waals surface area contributed by atoms with Crippen LogP contribution in [0.15, 0.2) is 23.2 Å². The fourth-order valence-corrected chi connectivity index (χ4v) is 2.58. The first-order valence-corrected chi connectivity index (χ1v) is 5.91. The summed E-state index contributed by atoms with van der Waals surface area (Å²) >= 11 is 6.16. The van der Waals surface area contributed by atoms with Gasteiger partial charge in [-0.15, -0.1) is 0 Å². The first-order chi connectivity index (χ1) is 7.83. The maximum atomic E-state index is 6.16. The Morgan fingerprint density at radius 3 is 3.06 bits per heavy atom. The summed E-state index contributed by atoms with van der Waals surface area (Å²) in [5.74, 6) is 0. The van der Waals surface area contributed by atoms with E-state index in [1.165, 1.54) is 11.1 Å². The molecule has 1 aromatic rings. The molecule has 4 heteroatoms. The standard InChI is InChI=1S/C12H13ClN2O/c13-11-3-1-2-8-6-9(7-10(8)11)15-12-14-4-5-16-12/h1-3,9H,4-7H2,(H,14,15). The van der Waals surface area contributed by atoms with Crippen molar-refractivity contribution in [2.45, 2.75) is 18.9 Å². The quantitative estimate of drug-likeness (QED) is 0.807. The Hall–Kier alpha value is -1.22. The number of halogens is 1. The molecule has 0 amide bonds. The Morgan fingerprint density at radius 1 is 1.38 bits per heavy atom. The van der Waals surface area contributed by atoms with E-state index in [2.05, 4.69) is 16.4 Å². The van der Waals surface area contributed by atoms with Gasteiger partial charge in [0.1, 0.15) is 6.61 Å². The first-order valence-electron chi connectivity index (χ1n) is 5.53. The Labute approximate surface area is 99.5 Å². The van der Waals surface area contributed by atoms with Crippen molar-refractivity contribution in [1.82, 2.24) is 5.32 Å². The van der Waals surface area contributed by atoms with E-state index in [9.17, 15) is 0 Å². The highest BCUT2D eigenvalue weighted by atomic mass is 35.5. The maximum absolute atomic E-state index is 6.16. The molecule has 0 aromatic heterocycles. The summed E-state index contributed by atoms with van der Waals surface area (Å²) in [5.41, 5.74) is 2.60. The molecule has 0 bridgehead atoms. The van der Waals surface area contributed by atoms with Crippen molar-refractivity contribution in [3.63, 3.8) is 0 Å². The lowest BCUT2D eigenvalue weighted by molar-refractivity contribution is 0.325. The van der Waals surface area contributed by atoms with Crippen LogP contribution in [0.5, 0.6) is 0 Å². The third-order valence-electron chi connectivity index (χ3n) is 3.05. The molecule has 0 saturated carbocycles. The molecule has 1 aliphatic carbocycles. The van der Waals surface area contributed by atoms with E-state index in [4.69, 9.17) is 16.3 Å². The Morgan fingerprint density at radius 2 is 2.31 bits per heavy atom. The predicted octanol–water partition coefficient (Wildman–Crippen LogP) is 1.78. The van der Waals surface area contributed by atoms with E-state index in [0.717, 1.165) is 24.4 Å². The molecule has 1 N–H and O–H groups in total. The zero-order valence-corrected chi connectivity index (χ0v) is 9.63. The lowest BCUT2D eigenvalue weighted by Gasteiger charge is -2.12. The number of amidine groups is 1. The van der Waals surface area contributed by atoms with E-state index in [1.54, 1.807) is 0 Å². The topological polar surface area (TPSA) is 33.6 Å². The van der Waals surface area contributed by atoms with Crippen LogP contribution < -0.4 is 5.32 Å². The minimum absolute atomic E-state index is 0.367. The molecule has 0 spiro atoms. The number of ether oxygens (including phenoxy) is 1. The van der Waals surface area contributed by atoms with Crippen molar-refractivity contribution in [3.8, 4) is 0 Å². The van der Waals surface area contributed by atoms with Gasteiger partial charge in [0.05, 0.1) is 6.54 Å². The number of nitrogens with one attached hydrogen (secondary N) is 1. The number of benzene rings is 1. The Balaban J connectivity index is 1.73. The Bertz CT molecular complexity index is 445. The number of rotatable bonds is 1. The highest BCUT2D eigenvalue weighted by Crippen LogP contribution is 2.28. The van der Waals surface area contributed by atoms with Crippen LogP contribution in [0.2, 0.25) is 5.02 Å². The smallest absolute Gasteiger partial charge is 0.285 e. The van der Waals surface area contributed by atoms with Gasteiger partial charge in [0.2, 0.25) is 0 Å². The summed E-state index contributed by atoms with van der Waals surface area (Å²) in [6.07, 6.45) is 1.95. The van der Waals surface area contributed by atoms with Gasteiger partial charge >= 0.3 is 0 Å². The maximum Gasteiger partial charge on any atom is 0.285 e. The molecule has 1 unspecified atom stereocenters. The van der Waals surface area contributed by atoms with Gasteiger partial charge in [0.25, 0.3) is 6.02 Å². The van der Waals surface area contributed by atoms with Crippen molar-refractivity contribution in [2.24, 2.45) is 4.99 Å². The minimum Gasteiger partial charge on any atom is -0.463 e. The highest BCUT2D eigenvalue weighted by Gasteiger charge is 2.24. The molecule has 0 saturated heterocycles. The van der Waals surface area contributed by atoms with E-state index in [-0.39, 0.29) is 0 Å². The fourth-order valence-electron chi connectivity index (χ4n) is 2.31. The summed E-state index contributed by atoms with van der Waals surface area (Å²) in [7, 11) is 0. The Kier molecular flexibility index (Phi) is 2.48. The zero-order valence-electron chi connectivity index (χ0n) is 8.87. The van der Waals surface area contributed by atoms with Crippen molar-refractivity contribution in [3.05, 3.63) is 34.3 Å². The molecule has 1 aliphatic heterocycles. The van der Waals surface area contributed by atoms with Crippen LogP contribution in [0.25, 0.3) is 0 Å². The van der Waals surface area contributed by atoms with Gasteiger partial charge in [0, 0.05) is 11.1 Å². The molecule has 84 valence electrons. The van der Waals surface area contributed by atoms with Gasteiger partial charge in [-0.3, -0.25) is 0 Å². The van der Waals surface area contributed by atoms with Crippen molar-refractivity contribution in [1.29, 1.82) is 0 Å². The third-order valence-corrected chi connectivity index (χ3v) is 3.40. The molecule has 3 rings (SSSR count). The number of hydrogen-bond acceptors (Lipinski definition) is 3. The molecule has 1 heterocycles. The zero-order chi connectivity index (χ0) is 11.0. The van der Waals surface area contributed by atoms with Gasteiger partial charge in [0.15, 0.2) is 0 Å². The van der Waals surface area contributed by atoms with E-state index < -0.39 is 0 Å². The molecule has 1 aromatic carbocycles. The predicted molar refractivity (Wildman–Crippen MR) is 64.0 cm³/mol. The monoisotopic (exact) mass is 236 g/mol. The first kappa shape index (κ1) is 9.97. The van der Waals surface area contributed by atoms with Crippen LogP contribution in [-0.4, -0.2) is 25.2 Å². The van der Waals surface area contributed by atoms with Gasteiger partial charge in [-0.2, -0.15) is 0 Å². The second kappa shape index (κ2) is 3.98. The molecular formula is C12H13ClN2O. The normalized spacial score (nSPS) is 22.6. The van der Waals surface area contributed by atoms with Crippen LogP contribution in [0.3, 0.4) is 0 Å². The second-order valence-electron chi connectivity index (χ2n) is 4.16. The summed E-state index contributed by atoms with van der Waals surface area (Å²) < 4.78 is 5.35. The molecule has 2 aliphatic rings. The van der Waals surface area contributed by atoms with Crippen LogP contribution in [0.1, 0.15) is 11.1 Å². The second-order valence-corrected chi connectivity index (χ2v) is 4.57. The van der Waals surface area contributed by atoms with Crippen LogP contribution >= 0.6 is 11.6 Å². The number of aliphatic imine (C=N–C) groups is 1. The molecule has 16 heavy (non-hydrogen) atoms. The van der Waals surface area contributed by atoms with Crippen molar-refractivity contribution < 1.29 is 4.74 Å². The number of fused-ring (bicyclic) bond motifs is 1. The van der Waals surface area contributed by atoms with Crippen molar-refractivity contribution in [2.75, 3.05) is 13.2 Å². The fraction of sp³-hybridized carbons (Fsp3) is 0.417. The SMILES string of the molecule is Clc1cccc2c1CC(NC1=NCCO1)C2. The van der Waals surface area contributed by atoms with Gasteiger partial charge in [-0.25, -0.2) is 4.99 Å². The van der Waals surface area contributed by atoms with Crippen LogP contribution in [0, 0.1) is 0 Å². The molecule has 0 fully saturated rings. The highest BCUT2D eigenvalue weighted by molar-refractivity contribution is 6.31. The van der Waals surface area contributed by atoms with E-state index >= 15 is 0 Å². The lowest BCUT2D eigenvalue weighted by atomic mass is 10.1. The average molecular weight is 237 g/mol. The third kappa shape index (κ3) is 1.76. The molecule has 0 radical (unpaired) electrons. The lowest BCUT2D eigenvalue weighted by Crippen LogP contribution is -2.35. The summed E-state index contributed by atoms with van der Waals surface area (Å²) in [5, 5.41) is 4.19. The average Bonchev–Trinajstić information content (AvgIpc) is 2.88. The molecule has 1 atom stereocenters. The summed E-state index contributed by atoms with van der Waals surface area (Å²) in [4.78, 5) is 4.23. The molecule has 3 nitrogen and oxygen atoms in total. The number of nitrogens with zero attached hydrogens (tertiary/aromatic N) is 1. The van der Waals surface area contributed by atoms with Crippen LogP contribution in [-0.2, 0) is 17.6 Å². The van der Waals surface area contributed by atoms with Gasteiger partial charge in [-0.05, 0) is 30.0 Å². The largest absolute Gasteiger partial charge is 0.463 e. The van der Waals surface area contributed by atoms with Gasteiger partial charge < -0.3 is 10.1 Å². The van der Waals surface area contributed by atoms with E-state index in [0.29, 0.717) is 18.7 Å². The van der Waals surface area contributed by atoms with Gasteiger partial charge in [-0.1, -0.05) is 23.7 Å². The molecular weight excluding hydrogens is 224 g/mol.